The number of anilines is 1. The third-order valence-electron chi connectivity index (χ3n) is 5.09. The first kappa shape index (κ1) is 19.7. The third-order valence-corrected chi connectivity index (χ3v) is 5.81. The van der Waals surface area contributed by atoms with E-state index in [0.29, 0.717) is 12.4 Å². The van der Waals surface area contributed by atoms with E-state index in [2.05, 4.69) is 27.9 Å². The van der Waals surface area contributed by atoms with Crippen molar-refractivity contribution in [1.29, 1.82) is 0 Å². The number of hydrogen-bond acceptors (Lipinski definition) is 4. The van der Waals surface area contributed by atoms with E-state index < -0.39 is 0 Å². The number of aryl methyl sites for hydroxylation is 1. The van der Waals surface area contributed by atoms with Crippen molar-refractivity contribution in [1.82, 2.24) is 0 Å². The Morgan fingerprint density at radius 2 is 1.71 bits per heavy atom. The molecule has 0 saturated carbocycles. The fourth-order valence-electron chi connectivity index (χ4n) is 3.46. The fourth-order valence-corrected chi connectivity index (χ4v) is 3.82. The van der Waals surface area contributed by atoms with Crippen LogP contribution in [0.15, 0.2) is 81.6 Å². The summed E-state index contributed by atoms with van der Waals surface area (Å²) in [6.45, 7) is 2.13. The molecule has 0 fully saturated rings. The largest absolute Gasteiger partial charge is 0.489 e. The zero-order valence-corrected chi connectivity index (χ0v) is 18.8. The first-order chi connectivity index (χ1) is 15.1. The smallest absolute Gasteiger partial charge is 0.291 e. The van der Waals surface area contributed by atoms with Gasteiger partial charge in [-0.15, -0.1) is 0 Å². The Hall–Kier alpha value is -3.26. The summed E-state index contributed by atoms with van der Waals surface area (Å²) in [5.41, 5.74) is 3.22. The molecule has 5 rings (SSSR count). The maximum absolute atomic E-state index is 12.5. The summed E-state index contributed by atoms with van der Waals surface area (Å²) in [7, 11) is 0. The van der Waals surface area contributed by atoms with Gasteiger partial charge >= 0.3 is 0 Å². The molecule has 2 aromatic heterocycles. The van der Waals surface area contributed by atoms with Gasteiger partial charge in [-0.1, -0.05) is 18.2 Å². The zero-order valence-electron chi connectivity index (χ0n) is 16.6. The SMILES string of the molecule is Cc1oc(C(=O)Nc2ccc(I)cc2)cc1COc1ccc2oc3ccccc3c2c1. The number of amides is 1. The number of hydrogen-bond donors (Lipinski definition) is 1. The van der Waals surface area contributed by atoms with E-state index in [4.69, 9.17) is 13.6 Å². The molecule has 0 radical (unpaired) electrons. The molecule has 6 heteroatoms. The average molecular weight is 523 g/mol. The van der Waals surface area contributed by atoms with Gasteiger partial charge in [0.1, 0.15) is 29.3 Å². The monoisotopic (exact) mass is 523 g/mol. The predicted molar refractivity (Wildman–Crippen MR) is 129 cm³/mol. The number of nitrogens with one attached hydrogen (secondary N) is 1. The maximum Gasteiger partial charge on any atom is 0.291 e. The molecule has 0 aliphatic rings. The van der Waals surface area contributed by atoms with Crippen LogP contribution in [0.4, 0.5) is 5.69 Å². The molecule has 0 saturated heterocycles. The number of carbonyl (C=O) groups excluding carboxylic acids is 1. The number of furan rings is 2. The highest BCUT2D eigenvalue weighted by Crippen LogP contribution is 2.31. The van der Waals surface area contributed by atoms with Gasteiger partial charge in [-0.25, -0.2) is 0 Å². The molecule has 0 spiro atoms. The van der Waals surface area contributed by atoms with E-state index in [0.717, 1.165) is 42.5 Å². The minimum atomic E-state index is -0.290. The topological polar surface area (TPSA) is 64.6 Å². The van der Waals surface area contributed by atoms with Crippen molar-refractivity contribution in [3.63, 3.8) is 0 Å². The van der Waals surface area contributed by atoms with Crippen molar-refractivity contribution in [2.24, 2.45) is 0 Å². The summed E-state index contributed by atoms with van der Waals surface area (Å²) >= 11 is 2.22. The number of rotatable bonds is 5. The van der Waals surface area contributed by atoms with Crippen molar-refractivity contribution in [2.45, 2.75) is 13.5 Å². The molecule has 5 aromatic rings. The number of carbonyl (C=O) groups is 1. The Morgan fingerprint density at radius 3 is 2.55 bits per heavy atom. The fraction of sp³-hybridized carbons (Fsp3) is 0.0800. The molecule has 0 aliphatic heterocycles. The zero-order chi connectivity index (χ0) is 21.4. The predicted octanol–water partition coefficient (Wildman–Crippen LogP) is 6.92. The van der Waals surface area contributed by atoms with Gasteiger partial charge < -0.3 is 18.9 Å². The number of ether oxygens (including phenoxy) is 1. The van der Waals surface area contributed by atoms with Crippen LogP contribution in [-0.4, -0.2) is 5.91 Å². The molecular weight excluding hydrogens is 505 g/mol. The Balaban J connectivity index is 1.31. The summed E-state index contributed by atoms with van der Waals surface area (Å²) < 4.78 is 18.6. The quantitative estimate of drug-likeness (QED) is 0.254. The highest BCUT2D eigenvalue weighted by Gasteiger charge is 2.16. The molecule has 0 bridgehead atoms. The molecule has 0 atom stereocenters. The molecular formula is C25H18INO4. The van der Waals surface area contributed by atoms with Crippen LogP contribution in [0, 0.1) is 10.5 Å². The lowest BCUT2D eigenvalue weighted by atomic mass is 10.1. The van der Waals surface area contributed by atoms with E-state index in [-0.39, 0.29) is 11.7 Å². The van der Waals surface area contributed by atoms with Crippen LogP contribution >= 0.6 is 22.6 Å². The van der Waals surface area contributed by atoms with Gasteiger partial charge in [0.15, 0.2) is 5.76 Å². The molecule has 0 aliphatic carbocycles. The van der Waals surface area contributed by atoms with Gasteiger partial charge in [0.25, 0.3) is 5.91 Å². The van der Waals surface area contributed by atoms with E-state index in [1.165, 1.54) is 0 Å². The minimum absolute atomic E-state index is 0.255. The molecule has 31 heavy (non-hydrogen) atoms. The first-order valence-corrected chi connectivity index (χ1v) is 10.8. The Labute approximate surface area is 192 Å². The number of fused-ring (bicyclic) bond motifs is 3. The van der Waals surface area contributed by atoms with Crippen molar-refractivity contribution in [2.75, 3.05) is 5.32 Å². The molecule has 1 amide bonds. The van der Waals surface area contributed by atoms with Crippen LogP contribution in [-0.2, 0) is 6.61 Å². The molecule has 3 aromatic carbocycles. The second-order valence-electron chi connectivity index (χ2n) is 7.20. The number of benzene rings is 3. The van der Waals surface area contributed by atoms with Crippen LogP contribution < -0.4 is 10.1 Å². The second kappa shape index (κ2) is 8.11. The van der Waals surface area contributed by atoms with Crippen LogP contribution in [0.5, 0.6) is 5.75 Å². The van der Waals surface area contributed by atoms with Crippen LogP contribution in [0.25, 0.3) is 21.9 Å². The normalized spacial score (nSPS) is 11.2. The van der Waals surface area contributed by atoms with E-state index in [9.17, 15) is 4.79 Å². The maximum atomic E-state index is 12.5. The van der Waals surface area contributed by atoms with Crippen molar-refractivity contribution in [3.8, 4) is 5.75 Å². The van der Waals surface area contributed by atoms with Gasteiger partial charge in [-0.05, 0) is 84.1 Å². The highest BCUT2D eigenvalue weighted by molar-refractivity contribution is 14.1. The van der Waals surface area contributed by atoms with Gasteiger partial charge in [-0.2, -0.15) is 0 Å². The lowest BCUT2D eigenvalue weighted by Crippen LogP contribution is -2.10. The Kier molecular flexibility index (Phi) is 5.15. The highest BCUT2D eigenvalue weighted by atomic mass is 127. The standard InChI is InChI=1S/C25H18INO4/c1-15-16(12-24(30-15)25(28)27-18-8-6-17(26)7-9-18)14-29-19-10-11-23-21(13-19)20-4-2-3-5-22(20)31-23/h2-13H,14H2,1H3,(H,27,28). The average Bonchev–Trinajstić information content (AvgIpc) is 3.34. The first-order valence-electron chi connectivity index (χ1n) is 9.77. The van der Waals surface area contributed by atoms with Crippen LogP contribution in [0.2, 0.25) is 0 Å². The van der Waals surface area contributed by atoms with Gasteiger partial charge in [0.2, 0.25) is 0 Å². The molecule has 154 valence electrons. The van der Waals surface area contributed by atoms with Crippen LogP contribution in [0.1, 0.15) is 21.9 Å². The molecule has 0 unspecified atom stereocenters. The van der Waals surface area contributed by atoms with Crippen molar-refractivity contribution < 1.29 is 18.4 Å². The van der Waals surface area contributed by atoms with E-state index >= 15 is 0 Å². The molecule has 1 N–H and O–H groups in total. The van der Waals surface area contributed by atoms with Gasteiger partial charge in [-0.3, -0.25) is 4.79 Å². The lowest BCUT2D eigenvalue weighted by molar-refractivity contribution is 0.0995. The van der Waals surface area contributed by atoms with Crippen molar-refractivity contribution >= 4 is 56.1 Å². The summed E-state index contributed by atoms with van der Waals surface area (Å²) in [4.78, 5) is 12.5. The number of para-hydroxylation sites is 1. The van der Waals surface area contributed by atoms with Gasteiger partial charge in [0.05, 0.1) is 0 Å². The minimum Gasteiger partial charge on any atom is -0.489 e. The summed E-state index contributed by atoms with van der Waals surface area (Å²) in [6, 6.07) is 23.0. The third kappa shape index (κ3) is 4.03. The molecule has 5 nitrogen and oxygen atoms in total. The second-order valence-corrected chi connectivity index (χ2v) is 8.44. The Morgan fingerprint density at radius 1 is 0.935 bits per heavy atom. The van der Waals surface area contributed by atoms with Gasteiger partial charge in [0, 0.05) is 25.6 Å². The molecule has 2 heterocycles. The van der Waals surface area contributed by atoms with E-state index in [1.807, 2.05) is 73.7 Å². The summed E-state index contributed by atoms with van der Waals surface area (Å²) in [6.07, 6.45) is 0. The summed E-state index contributed by atoms with van der Waals surface area (Å²) in [5, 5.41) is 4.91. The number of halogens is 1. The van der Waals surface area contributed by atoms with E-state index in [1.54, 1.807) is 6.07 Å². The Bertz CT molecular complexity index is 1400. The lowest BCUT2D eigenvalue weighted by Gasteiger charge is -2.05. The van der Waals surface area contributed by atoms with Crippen LogP contribution in [0.3, 0.4) is 0 Å². The van der Waals surface area contributed by atoms with Crippen molar-refractivity contribution in [3.05, 3.63) is 93.5 Å². The summed E-state index contributed by atoms with van der Waals surface area (Å²) in [5.74, 6) is 1.35.